The standard InChI is InChI=1S/C20H21N3O2S/c1-15-9-16(2)11-18(10-15)13-26-14-20(24)23-22-12-17-3-5-19(6-4-17)25-8-7-21/h3-6,9-12H,8,13-14H2,1-2H3,(H,23,24)/b22-12+. The van der Waals surface area contributed by atoms with Gasteiger partial charge in [-0.05, 0) is 49.2 Å². The summed E-state index contributed by atoms with van der Waals surface area (Å²) in [4.78, 5) is 11.8. The number of thioether (sulfide) groups is 1. The number of benzene rings is 2. The maximum absolute atomic E-state index is 11.8. The summed E-state index contributed by atoms with van der Waals surface area (Å²) in [5.41, 5.74) is 7.05. The number of hydrazone groups is 1. The molecule has 6 heteroatoms. The molecule has 0 aromatic heterocycles. The fourth-order valence-corrected chi connectivity index (χ4v) is 3.15. The van der Waals surface area contributed by atoms with Crippen molar-refractivity contribution in [3.05, 3.63) is 64.7 Å². The van der Waals surface area contributed by atoms with E-state index in [0.717, 1.165) is 11.3 Å². The van der Waals surface area contributed by atoms with Crippen LogP contribution in [0.1, 0.15) is 22.3 Å². The summed E-state index contributed by atoms with van der Waals surface area (Å²) in [7, 11) is 0. The molecular formula is C20H21N3O2S. The lowest BCUT2D eigenvalue weighted by Gasteiger charge is -2.05. The van der Waals surface area contributed by atoms with Crippen LogP contribution in [0.2, 0.25) is 0 Å². The highest BCUT2D eigenvalue weighted by Crippen LogP contribution is 2.15. The third-order valence-electron chi connectivity index (χ3n) is 3.37. The molecule has 0 aliphatic carbocycles. The maximum atomic E-state index is 11.8. The molecule has 0 heterocycles. The van der Waals surface area contributed by atoms with E-state index in [9.17, 15) is 4.79 Å². The van der Waals surface area contributed by atoms with E-state index < -0.39 is 0 Å². The second-order valence-corrected chi connectivity index (χ2v) is 6.78. The van der Waals surface area contributed by atoms with Gasteiger partial charge in [-0.15, -0.1) is 11.8 Å². The summed E-state index contributed by atoms with van der Waals surface area (Å²) >= 11 is 1.56. The average molecular weight is 367 g/mol. The smallest absolute Gasteiger partial charge is 0.250 e. The van der Waals surface area contributed by atoms with E-state index in [-0.39, 0.29) is 12.5 Å². The molecular weight excluding hydrogens is 346 g/mol. The van der Waals surface area contributed by atoms with Gasteiger partial charge in [0.2, 0.25) is 5.91 Å². The van der Waals surface area contributed by atoms with Crippen molar-refractivity contribution in [2.45, 2.75) is 19.6 Å². The zero-order valence-corrected chi connectivity index (χ0v) is 15.7. The summed E-state index contributed by atoms with van der Waals surface area (Å²) < 4.78 is 5.17. The lowest BCUT2D eigenvalue weighted by atomic mass is 10.1. The van der Waals surface area contributed by atoms with Gasteiger partial charge in [0.15, 0.2) is 6.61 Å². The number of aryl methyl sites for hydroxylation is 2. The average Bonchev–Trinajstić information content (AvgIpc) is 2.60. The van der Waals surface area contributed by atoms with E-state index in [0.29, 0.717) is 11.5 Å². The van der Waals surface area contributed by atoms with Gasteiger partial charge in [0.05, 0.1) is 12.0 Å². The fourth-order valence-electron chi connectivity index (χ4n) is 2.39. The second-order valence-electron chi connectivity index (χ2n) is 5.80. The van der Waals surface area contributed by atoms with Crippen molar-refractivity contribution in [1.29, 1.82) is 5.26 Å². The van der Waals surface area contributed by atoms with Crippen molar-refractivity contribution >= 4 is 23.9 Å². The number of ether oxygens (including phenoxy) is 1. The van der Waals surface area contributed by atoms with Gasteiger partial charge in [-0.1, -0.05) is 29.3 Å². The lowest BCUT2D eigenvalue weighted by molar-refractivity contribution is -0.118. The molecule has 5 nitrogen and oxygen atoms in total. The number of carbonyl (C=O) groups is 1. The Morgan fingerprint density at radius 2 is 1.92 bits per heavy atom. The van der Waals surface area contributed by atoms with Crippen LogP contribution in [-0.2, 0) is 10.5 Å². The first-order valence-electron chi connectivity index (χ1n) is 8.13. The Balaban J connectivity index is 1.72. The number of hydrogen-bond acceptors (Lipinski definition) is 5. The Labute approximate surface area is 158 Å². The quantitative estimate of drug-likeness (QED) is 0.571. The molecule has 134 valence electrons. The van der Waals surface area contributed by atoms with Crippen molar-refractivity contribution in [2.24, 2.45) is 5.10 Å². The summed E-state index contributed by atoms with van der Waals surface area (Å²) in [5, 5.41) is 12.4. The van der Waals surface area contributed by atoms with Crippen molar-refractivity contribution in [2.75, 3.05) is 12.4 Å². The predicted octanol–water partition coefficient (Wildman–Crippen LogP) is 3.59. The highest BCUT2D eigenvalue weighted by Gasteiger charge is 2.02. The van der Waals surface area contributed by atoms with Crippen molar-refractivity contribution < 1.29 is 9.53 Å². The number of amides is 1. The first-order chi connectivity index (χ1) is 12.6. The van der Waals surface area contributed by atoms with Gasteiger partial charge in [-0.25, -0.2) is 5.43 Å². The van der Waals surface area contributed by atoms with Gasteiger partial charge < -0.3 is 4.74 Å². The van der Waals surface area contributed by atoms with Crippen LogP contribution in [0.5, 0.6) is 5.75 Å². The third-order valence-corrected chi connectivity index (χ3v) is 4.37. The molecule has 2 aromatic carbocycles. The van der Waals surface area contributed by atoms with E-state index in [1.807, 2.05) is 6.07 Å². The number of nitrogens with zero attached hydrogens (tertiary/aromatic N) is 2. The van der Waals surface area contributed by atoms with Crippen LogP contribution in [0.3, 0.4) is 0 Å². The third kappa shape index (κ3) is 6.99. The Bertz CT molecular complexity index is 791. The molecule has 0 radical (unpaired) electrons. The van der Waals surface area contributed by atoms with Crippen LogP contribution in [0.25, 0.3) is 0 Å². The van der Waals surface area contributed by atoms with Crippen LogP contribution in [0, 0.1) is 25.2 Å². The molecule has 0 bridgehead atoms. The number of hydrogen-bond donors (Lipinski definition) is 1. The summed E-state index contributed by atoms with van der Waals surface area (Å²) in [5.74, 6) is 1.63. The molecule has 0 saturated heterocycles. The van der Waals surface area contributed by atoms with E-state index in [2.05, 4.69) is 42.6 Å². The number of rotatable bonds is 8. The SMILES string of the molecule is Cc1cc(C)cc(CSCC(=O)N/N=C/c2ccc(OCC#N)cc2)c1. The molecule has 0 fully saturated rings. The van der Waals surface area contributed by atoms with E-state index in [4.69, 9.17) is 10.00 Å². The van der Waals surface area contributed by atoms with Gasteiger partial charge >= 0.3 is 0 Å². The molecule has 2 rings (SSSR count). The summed E-state index contributed by atoms with van der Waals surface area (Å²) in [6.45, 7) is 4.17. The first-order valence-corrected chi connectivity index (χ1v) is 9.29. The topological polar surface area (TPSA) is 74.5 Å². The normalized spacial score (nSPS) is 10.5. The fraction of sp³-hybridized carbons (Fsp3) is 0.250. The summed E-state index contributed by atoms with van der Waals surface area (Å²) in [6, 6.07) is 15.4. The molecule has 1 amide bonds. The second kappa shape index (κ2) is 10.3. The van der Waals surface area contributed by atoms with Crippen LogP contribution < -0.4 is 10.2 Å². The van der Waals surface area contributed by atoms with Gasteiger partial charge in [-0.2, -0.15) is 10.4 Å². The predicted molar refractivity (Wildman–Crippen MR) is 105 cm³/mol. The van der Waals surface area contributed by atoms with Crippen molar-refractivity contribution in [1.82, 2.24) is 5.43 Å². The molecule has 2 aromatic rings. The lowest BCUT2D eigenvalue weighted by Crippen LogP contribution is -2.19. The molecule has 0 aliphatic heterocycles. The van der Waals surface area contributed by atoms with E-state index in [1.165, 1.54) is 16.7 Å². The van der Waals surface area contributed by atoms with Crippen LogP contribution >= 0.6 is 11.8 Å². The molecule has 26 heavy (non-hydrogen) atoms. The maximum Gasteiger partial charge on any atom is 0.250 e. The first kappa shape index (κ1) is 19.5. The van der Waals surface area contributed by atoms with Crippen LogP contribution in [0.4, 0.5) is 0 Å². The Morgan fingerprint density at radius 1 is 1.23 bits per heavy atom. The van der Waals surface area contributed by atoms with Crippen molar-refractivity contribution in [3.63, 3.8) is 0 Å². The number of nitrogens with one attached hydrogen (secondary N) is 1. The zero-order valence-electron chi connectivity index (χ0n) is 14.9. The van der Waals surface area contributed by atoms with Gasteiger partial charge in [0.1, 0.15) is 11.8 Å². The van der Waals surface area contributed by atoms with Crippen LogP contribution in [0.15, 0.2) is 47.6 Å². The molecule has 0 aliphatic rings. The van der Waals surface area contributed by atoms with E-state index >= 15 is 0 Å². The Morgan fingerprint density at radius 3 is 2.58 bits per heavy atom. The largest absolute Gasteiger partial charge is 0.479 e. The minimum atomic E-state index is -0.135. The number of carbonyl (C=O) groups excluding carboxylic acids is 1. The zero-order chi connectivity index (χ0) is 18.8. The molecule has 1 N–H and O–H groups in total. The molecule has 0 saturated carbocycles. The minimum absolute atomic E-state index is 0.0171. The molecule has 0 spiro atoms. The summed E-state index contributed by atoms with van der Waals surface area (Å²) in [6.07, 6.45) is 1.57. The Kier molecular flexibility index (Phi) is 7.72. The molecule has 0 atom stereocenters. The Hall–Kier alpha value is -2.78. The highest BCUT2D eigenvalue weighted by atomic mass is 32.2. The van der Waals surface area contributed by atoms with Gasteiger partial charge in [-0.3, -0.25) is 4.79 Å². The number of nitriles is 1. The minimum Gasteiger partial charge on any atom is -0.479 e. The van der Waals surface area contributed by atoms with Gasteiger partial charge in [0.25, 0.3) is 0 Å². The highest BCUT2D eigenvalue weighted by molar-refractivity contribution is 7.99. The molecule has 0 unspecified atom stereocenters. The van der Waals surface area contributed by atoms with Crippen LogP contribution in [-0.4, -0.2) is 24.5 Å². The van der Waals surface area contributed by atoms with E-state index in [1.54, 1.807) is 42.2 Å². The van der Waals surface area contributed by atoms with Crippen molar-refractivity contribution in [3.8, 4) is 11.8 Å². The van der Waals surface area contributed by atoms with Gasteiger partial charge in [0, 0.05) is 5.75 Å². The monoisotopic (exact) mass is 367 g/mol.